The summed E-state index contributed by atoms with van der Waals surface area (Å²) in [6.07, 6.45) is 5.67. The molecule has 0 spiro atoms. The Labute approximate surface area is 85.5 Å². The van der Waals surface area contributed by atoms with Gasteiger partial charge in [0.1, 0.15) is 0 Å². The molecule has 0 amide bonds. The van der Waals surface area contributed by atoms with Gasteiger partial charge >= 0.3 is 0 Å². The van der Waals surface area contributed by atoms with E-state index in [1.807, 2.05) is 13.4 Å². The number of fused-ring (bicyclic) bond motifs is 1. The van der Waals surface area contributed by atoms with Crippen LogP contribution >= 0.6 is 0 Å². The number of hydrogen-bond donors (Lipinski definition) is 1. The molecule has 0 aromatic carbocycles. The van der Waals surface area contributed by atoms with E-state index >= 15 is 0 Å². The fraction of sp³-hybridized carbons (Fsp3) is 0.727. The van der Waals surface area contributed by atoms with E-state index in [1.165, 1.54) is 30.7 Å². The Morgan fingerprint density at radius 1 is 1.57 bits per heavy atom. The molecule has 0 radical (unpaired) electrons. The van der Waals surface area contributed by atoms with Crippen LogP contribution in [0.5, 0.6) is 0 Å². The maximum absolute atomic E-state index is 4.53. The summed E-state index contributed by atoms with van der Waals surface area (Å²) < 4.78 is 2.30. The normalized spacial score (nSPS) is 21.3. The first-order chi connectivity index (χ1) is 6.74. The second kappa shape index (κ2) is 3.73. The predicted octanol–water partition coefficient (Wildman–Crippen LogP) is 2.06. The Bertz CT molecular complexity index is 314. The minimum Gasteiger partial charge on any atom is -0.332 e. The zero-order valence-electron chi connectivity index (χ0n) is 9.25. The van der Waals surface area contributed by atoms with Crippen molar-refractivity contribution >= 4 is 0 Å². The SMILES string of the molecule is CN[C@H]1CCCc2c1ncn2C(C)C. The minimum absolute atomic E-state index is 0.471. The highest BCUT2D eigenvalue weighted by Gasteiger charge is 2.23. The van der Waals surface area contributed by atoms with Gasteiger partial charge < -0.3 is 9.88 Å². The molecule has 0 fully saturated rings. The van der Waals surface area contributed by atoms with Gasteiger partial charge in [-0.25, -0.2) is 4.98 Å². The van der Waals surface area contributed by atoms with Crippen molar-refractivity contribution in [2.75, 3.05) is 7.05 Å². The number of nitrogens with one attached hydrogen (secondary N) is 1. The molecule has 1 aliphatic carbocycles. The van der Waals surface area contributed by atoms with E-state index in [-0.39, 0.29) is 0 Å². The van der Waals surface area contributed by atoms with Crippen LogP contribution in [0.2, 0.25) is 0 Å². The van der Waals surface area contributed by atoms with Crippen LogP contribution in [-0.4, -0.2) is 16.6 Å². The molecule has 14 heavy (non-hydrogen) atoms. The van der Waals surface area contributed by atoms with Crippen molar-refractivity contribution in [2.24, 2.45) is 0 Å². The maximum atomic E-state index is 4.53. The van der Waals surface area contributed by atoms with Gasteiger partial charge in [-0.1, -0.05) is 0 Å². The topological polar surface area (TPSA) is 29.9 Å². The van der Waals surface area contributed by atoms with Gasteiger partial charge in [-0.15, -0.1) is 0 Å². The van der Waals surface area contributed by atoms with E-state index in [0.717, 1.165) is 0 Å². The molecule has 1 heterocycles. The van der Waals surface area contributed by atoms with Crippen molar-refractivity contribution in [1.29, 1.82) is 0 Å². The summed E-state index contributed by atoms with van der Waals surface area (Å²) in [5, 5.41) is 3.34. The van der Waals surface area contributed by atoms with Gasteiger partial charge in [-0.2, -0.15) is 0 Å². The zero-order valence-corrected chi connectivity index (χ0v) is 9.25. The molecule has 1 atom stereocenters. The summed E-state index contributed by atoms with van der Waals surface area (Å²) >= 11 is 0. The summed E-state index contributed by atoms with van der Waals surface area (Å²) in [5.74, 6) is 0. The molecule has 0 saturated carbocycles. The largest absolute Gasteiger partial charge is 0.332 e. The monoisotopic (exact) mass is 193 g/mol. The van der Waals surface area contributed by atoms with Crippen molar-refractivity contribution in [1.82, 2.24) is 14.9 Å². The lowest BCUT2D eigenvalue weighted by Gasteiger charge is -2.23. The minimum atomic E-state index is 0.471. The highest BCUT2D eigenvalue weighted by atomic mass is 15.1. The van der Waals surface area contributed by atoms with Gasteiger partial charge in [0.05, 0.1) is 18.1 Å². The summed E-state index contributed by atoms with van der Waals surface area (Å²) in [6.45, 7) is 4.43. The standard InChI is InChI=1S/C11H19N3/c1-8(2)14-7-13-11-9(12-3)5-4-6-10(11)14/h7-9,12H,4-6H2,1-3H3/t9-/m0/s1. The molecule has 0 aliphatic heterocycles. The van der Waals surface area contributed by atoms with Gasteiger partial charge in [0.25, 0.3) is 0 Å². The summed E-state index contributed by atoms with van der Waals surface area (Å²) in [4.78, 5) is 4.53. The number of aromatic nitrogens is 2. The second-order valence-electron chi connectivity index (χ2n) is 4.31. The van der Waals surface area contributed by atoms with Crippen LogP contribution < -0.4 is 5.32 Å². The highest BCUT2D eigenvalue weighted by molar-refractivity contribution is 5.21. The second-order valence-corrected chi connectivity index (χ2v) is 4.31. The molecule has 0 unspecified atom stereocenters. The van der Waals surface area contributed by atoms with Crippen LogP contribution in [0.3, 0.4) is 0 Å². The van der Waals surface area contributed by atoms with Crippen LogP contribution in [0.25, 0.3) is 0 Å². The lowest BCUT2D eigenvalue weighted by atomic mass is 9.96. The first-order valence-electron chi connectivity index (χ1n) is 5.47. The Morgan fingerprint density at radius 3 is 3.00 bits per heavy atom. The van der Waals surface area contributed by atoms with Crippen LogP contribution in [-0.2, 0) is 6.42 Å². The zero-order chi connectivity index (χ0) is 10.1. The predicted molar refractivity (Wildman–Crippen MR) is 57.4 cm³/mol. The molecule has 0 saturated heterocycles. The molecule has 0 bridgehead atoms. The molecular weight excluding hydrogens is 174 g/mol. The van der Waals surface area contributed by atoms with E-state index in [0.29, 0.717) is 12.1 Å². The fourth-order valence-corrected chi connectivity index (χ4v) is 2.29. The van der Waals surface area contributed by atoms with Crippen molar-refractivity contribution in [2.45, 2.75) is 45.2 Å². The summed E-state index contributed by atoms with van der Waals surface area (Å²) in [5.41, 5.74) is 2.71. The third kappa shape index (κ3) is 1.46. The molecule has 78 valence electrons. The van der Waals surface area contributed by atoms with E-state index in [2.05, 4.69) is 28.7 Å². The van der Waals surface area contributed by atoms with Crippen LogP contribution in [0.1, 0.15) is 50.2 Å². The fourth-order valence-electron chi connectivity index (χ4n) is 2.29. The van der Waals surface area contributed by atoms with E-state index in [1.54, 1.807) is 0 Å². The summed E-state index contributed by atoms with van der Waals surface area (Å²) in [7, 11) is 2.02. The van der Waals surface area contributed by atoms with Gasteiger partial charge in [-0.3, -0.25) is 0 Å². The van der Waals surface area contributed by atoms with Gasteiger partial charge in [0.2, 0.25) is 0 Å². The molecule has 1 aliphatic rings. The highest BCUT2D eigenvalue weighted by Crippen LogP contribution is 2.29. The number of imidazole rings is 1. The molecule has 2 rings (SSSR count). The molecule has 1 aromatic rings. The van der Waals surface area contributed by atoms with Gasteiger partial charge in [-0.05, 0) is 40.2 Å². The number of rotatable bonds is 2. The quantitative estimate of drug-likeness (QED) is 0.779. The Hall–Kier alpha value is -0.830. The molecule has 1 N–H and O–H groups in total. The first-order valence-corrected chi connectivity index (χ1v) is 5.47. The average molecular weight is 193 g/mol. The molecule has 1 aromatic heterocycles. The Morgan fingerprint density at radius 2 is 2.36 bits per heavy atom. The van der Waals surface area contributed by atoms with Crippen molar-refractivity contribution in [3.8, 4) is 0 Å². The van der Waals surface area contributed by atoms with E-state index in [4.69, 9.17) is 0 Å². The third-order valence-electron chi connectivity index (χ3n) is 3.07. The third-order valence-corrected chi connectivity index (χ3v) is 3.07. The molecule has 3 nitrogen and oxygen atoms in total. The van der Waals surface area contributed by atoms with Crippen LogP contribution in [0.4, 0.5) is 0 Å². The molecular formula is C11H19N3. The van der Waals surface area contributed by atoms with Crippen LogP contribution in [0, 0.1) is 0 Å². The lowest BCUT2D eigenvalue weighted by Crippen LogP contribution is -2.22. The van der Waals surface area contributed by atoms with Crippen molar-refractivity contribution in [3.63, 3.8) is 0 Å². The van der Waals surface area contributed by atoms with Crippen molar-refractivity contribution < 1.29 is 0 Å². The average Bonchev–Trinajstić information content (AvgIpc) is 2.60. The molecule has 3 heteroatoms. The smallest absolute Gasteiger partial charge is 0.0954 e. The summed E-state index contributed by atoms with van der Waals surface area (Å²) in [6, 6.07) is 1.00. The van der Waals surface area contributed by atoms with Crippen molar-refractivity contribution in [3.05, 3.63) is 17.7 Å². The van der Waals surface area contributed by atoms with Crippen LogP contribution in [0.15, 0.2) is 6.33 Å². The van der Waals surface area contributed by atoms with E-state index < -0.39 is 0 Å². The maximum Gasteiger partial charge on any atom is 0.0954 e. The Kier molecular flexibility index (Phi) is 2.59. The lowest BCUT2D eigenvalue weighted by molar-refractivity contribution is 0.466. The first kappa shape index (κ1) is 9.71. The Balaban J connectivity index is 2.37. The van der Waals surface area contributed by atoms with Gasteiger partial charge in [0.15, 0.2) is 0 Å². The van der Waals surface area contributed by atoms with E-state index in [9.17, 15) is 0 Å². The van der Waals surface area contributed by atoms with Gasteiger partial charge in [0, 0.05) is 11.7 Å². The number of nitrogens with zero attached hydrogens (tertiary/aromatic N) is 2. The number of hydrogen-bond acceptors (Lipinski definition) is 2.